The third kappa shape index (κ3) is 3.58. The number of ketones is 1. The number of amides is 1. The minimum Gasteiger partial charge on any atom is -0.507 e. The minimum atomic E-state index is -0.794. The van der Waals surface area contributed by atoms with Crippen molar-refractivity contribution in [3.8, 4) is 17.2 Å². The predicted molar refractivity (Wildman–Crippen MR) is 112 cm³/mol. The van der Waals surface area contributed by atoms with Crippen molar-refractivity contribution in [2.24, 2.45) is 0 Å². The number of methoxy groups -OCH3 is 3. The van der Waals surface area contributed by atoms with Crippen molar-refractivity contribution in [2.75, 3.05) is 27.9 Å². The van der Waals surface area contributed by atoms with Gasteiger partial charge in [0.25, 0.3) is 11.7 Å². The fourth-order valence-electron chi connectivity index (χ4n) is 3.71. The van der Waals surface area contributed by atoms with E-state index in [2.05, 4.69) is 0 Å². The van der Waals surface area contributed by atoms with Crippen molar-refractivity contribution in [2.45, 2.75) is 19.4 Å². The van der Waals surface area contributed by atoms with E-state index in [1.54, 1.807) is 49.6 Å². The molecule has 2 aromatic rings. The first-order valence-electron chi connectivity index (χ1n) is 9.62. The number of hydrogen-bond donors (Lipinski definition) is 1. The summed E-state index contributed by atoms with van der Waals surface area (Å²) in [5.74, 6) is -0.128. The van der Waals surface area contributed by atoms with Gasteiger partial charge in [0.15, 0.2) is 11.5 Å². The summed E-state index contributed by atoms with van der Waals surface area (Å²) in [5.41, 5.74) is 1.00. The van der Waals surface area contributed by atoms with Crippen LogP contribution in [0.3, 0.4) is 0 Å². The van der Waals surface area contributed by atoms with Gasteiger partial charge in [-0.2, -0.15) is 0 Å². The van der Waals surface area contributed by atoms with Gasteiger partial charge in [0.2, 0.25) is 0 Å². The first-order chi connectivity index (χ1) is 14.5. The molecule has 1 saturated heterocycles. The maximum Gasteiger partial charge on any atom is 0.295 e. The SMILES string of the molecule is CCCN1C(=O)C(=O)/C(=C(/O)c2ccc(OC)cc2)C1c1cccc(OC)c1OC. The first kappa shape index (κ1) is 21.2. The molecule has 1 heterocycles. The van der Waals surface area contributed by atoms with Crippen molar-refractivity contribution >= 4 is 17.4 Å². The predicted octanol–water partition coefficient (Wildman–Crippen LogP) is 3.54. The van der Waals surface area contributed by atoms with Gasteiger partial charge in [0, 0.05) is 17.7 Å². The van der Waals surface area contributed by atoms with E-state index < -0.39 is 17.7 Å². The molecule has 1 aliphatic heterocycles. The lowest BCUT2D eigenvalue weighted by Crippen LogP contribution is -2.30. The molecule has 3 rings (SSSR count). The molecule has 0 aromatic heterocycles. The van der Waals surface area contributed by atoms with Crippen LogP contribution in [-0.4, -0.2) is 49.6 Å². The Balaban J connectivity index is 2.24. The van der Waals surface area contributed by atoms with E-state index in [4.69, 9.17) is 14.2 Å². The lowest BCUT2D eigenvalue weighted by Gasteiger charge is -2.26. The number of rotatable bonds is 7. The molecule has 7 heteroatoms. The summed E-state index contributed by atoms with van der Waals surface area (Å²) in [6.07, 6.45) is 0.651. The third-order valence-corrected chi connectivity index (χ3v) is 5.10. The molecule has 158 valence electrons. The Labute approximate surface area is 175 Å². The summed E-state index contributed by atoms with van der Waals surface area (Å²) < 4.78 is 16.1. The molecule has 0 bridgehead atoms. The number of carbonyl (C=O) groups excluding carboxylic acids is 2. The van der Waals surface area contributed by atoms with Crippen LogP contribution >= 0.6 is 0 Å². The van der Waals surface area contributed by atoms with Crippen LogP contribution in [0.25, 0.3) is 5.76 Å². The van der Waals surface area contributed by atoms with E-state index in [0.29, 0.717) is 41.3 Å². The highest BCUT2D eigenvalue weighted by Crippen LogP contribution is 2.45. The zero-order valence-electron chi connectivity index (χ0n) is 17.5. The molecular weight excluding hydrogens is 386 g/mol. The third-order valence-electron chi connectivity index (χ3n) is 5.10. The van der Waals surface area contributed by atoms with Gasteiger partial charge in [-0.3, -0.25) is 9.59 Å². The molecule has 2 aromatic carbocycles. The van der Waals surface area contributed by atoms with E-state index in [0.717, 1.165) is 0 Å². The Kier molecular flexibility index (Phi) is 6.30. The standard InChI is InChI=1S/C23H25NO6/c1-5-13-24-19(16-7-6-8-17(29-3)22(16)30-4)18(21(26)23(24)27)20(25)14-9-11-15(28-2)12-10-14/h6-12,19,25H,5,13H2,1-4H3/b20-18+. The quantitative estimate of drug-likeness (QED) is 0.426. The summed E-state index contributed by atoms with van der Waals surface area (Å²) in [7, 11) is 4.55. The molecule has 1 aliphatic rings. The normalized spacial score (nSPS) is 17.9. The van der Waals surface area contributed by atoms with Crippen LogP contribution in [0.15, 0.2) is 48.0 Å². The molecule has 1 unspecified atom stereocenters. The molecule has 0 aliphatic carbocycles. The number of nitrogens with zero attached hydrogens (tertiary/aromatic N) is 1. The van der Waals surface area contributed by atoms with Crippen molar-refractivity contribution in [1.82, 2.24) is 4.90 Å². The number of Topliss-reactive ketones (excluding diaryl/α,β-unsaturated/α-hetero) is 1. The second-order valence-corrected chi connectivity index (χ2v) is 6.80. The van der Waals surface area contributed by atoms with Crippen molar-refractivity contribution in [3.63, 3.8) is 0 Å². The number of para-hydroxylation sites is 1. The summed E-state index contributed by atoms with van der Waals surface area (Å²) in [5, 5.41) is 11.0. The number of aliphatic hydroxyl groups excluding tert-OH is 1. The molecule has 1 fully saturated rings. The number of hydrogen-bond acceptors (Lipinski definition) is 6. The van der Waals surface area contributed by atoms with Crippen molar-refractivity contribution in [1.29, 1.82) is 0 Å². The first-order valence-corrected chi connectivity index (χ1v) is 9.62. The van der Waals surface area contributed by atoms with Crippen molar-refractivity contribution in [3.05, 3.63) is 59.2 Å². The van der Waals surface area contributed by atoms with Gasteiger partial charge >= 0.3 is 0 Å². The van der Waals surface area contributed by atoms with Gasteiger partial charge in [-0.1, -0.05) is 19.1 Å². The number of benzene rings is 2. The topological polar surface area (TPSA) is 85.3 Å². The Bertz CT molecular complexity index is 980. The lowest BCUT2D eigenvalue weighted by molar-refractivity contribution is -0.139. The molecular formula is C23H25NO6. The Hall–Kier alpha value is -3.48. The van der Waals surface area contributed by atoms with E-state index in [1.165, 1.54) is 19.1 Å². The van der Waals surface area contributed by atoms with Crippen LogP contribution in [0.2, 0.25) is 0 Å². The molecule has 1 N–H and O–H groups in total. The highest BCUT2D eigenvalue weighted by molar-refractivity contribution is 6.46. The van der Waals surface area contributed by atoms with Crippen LogP contribution < -0.4 is 14.2 Å². The highest BCUT2D eigenvalue weighted by Gasteiger charge is 2.47. The monoisotopic (exact) mass is 411 g/mol. The smallest absolute Gasteiger partial charge is 0.295 e. The fourth-order valence-corrected chi connectivity index (χ4v) is 3.71. The van der Waals surface area contributed by atoms with E-state index in [9.17, 15) is 14.7 Å². The minimum absolute atomic E-state index is 0.0187. The van der Waals surface area contributed by atoms with Crippen LogP contribution in [0, 0.1) is 0 Å². The molecule has 7 nitrogen and oxygen atoms in total. The molecule has 30 heavy (non-hydrogen) atoms. The van der Waals surface area contributed by atoms with Gasteiger partial charge < -0.3 is 24.2 Å². The summed E-state index contributed by atoms with van der Waals surface area (Å²) in [4.78, 5) is 27.2. The van der Waals surface area contributed by atoms with Crippen molar-refractivity contribution < 1.29 is 28.9 Å². The molecule has 0 spiro atoms. The van der Waals surface area contributed by atoms with E-state index >= 15 is 0 Å². The van der Waals surface area contributed by atoms with Gasteiger partial charge in [-0.25, -0.2) is 0 Å². The van der Waals surface area contributed by atoms with Crippen LogP contribution in [-0.2, 0) is 9.59 Å². The molecule has 0 saturated carbocycles. The zero-order chi connectivity index (χ0) is 21.8. The number of likely N-dealkylation sites (tertiary alicyclic amines) is 1. The van der Waals surface area contributed by atoms with Gasteiger partial charge in [-0.05, 0) is 36.8 Å². The Morgan fingerprint density at radius 1 is 1.00 bits per heavy atom. The number of ether oxygens (including phenoxy) is 3. The maximum atomic E-state index is 13.0. The van der Waals surface area contributed by atoms with Crippen LogP contribution in [0.5, 0.6) is 17.2 Å². The summed E-state index contributed by atoms with van der Waals surface area (Å²) in [6, 6.07) is 11.1. The lowest BCUT2D eigenvalue weighted by atomic mass is 9.94. The van der Waals surface area contributed by atoms with Gasteiger partial charge in [0.1, 0.15) is 11.5 Å². The second kappa shape index (κ2) is 8.90. The Morgan fingerprint density at radius 2 is 1.70 bits per heavy atom. The van der Waals surface area contributed by atoms with Gasteiger partial charge in [-0.15, -0.1) is 0 Å². The zero-order valence-corrected chi connectivity index (χ0v) is 17.5. The number of aliphatic hydroxyl groups is 1. The van der Waals surface area contributed by atoms with E-state index in [-0.39, 0.29) is 11.3 Å². The maximum absolute atomic E-state index is 13.0. The summed E-state index contributed by atoms with van der Waals surface area (Å²) >= 11 is 0. The largest absolute Gasteiger partial charge is 0.507 e. The average molecular weight is 411 g/mol. The molecule has 0 radical (unpaired) electrons. The highest BCUT2D eigenvalue weighted by atomic mass is 16.5. The fraction of sp³-hybridized carbons (Fsp3) is 0.304. The second-order valence-electron chi connectivity index (χ2n) is 6.80. The Morgan fingerprint density at radius 3 is 2.27 bits per heavy atom. The number of carbonyl (C=O) groups is 2. The van der Waals surface area contributed by atoms with Crippen LogP contribution in [0.4, 0.5) is 0 Å². The molecule has 1 atom stereocenters. The van der Waals surface area contributed by atoms with E-state index in [1.807, 2.05) is 6.92 Å². The average Bonchev–Trinajstić information content (AvgIpc) is 3.03. The summed E-state index contributed by atoms with van der Waals surface area (Å²) in [6.45, 7) is 2.28. The molecule has 1 amide bonds. The van der Waals surface area contributed by atoms with Crippen LogP contribution in [0.1, 0.15) is 30.5 Å². The van der Waals surface area contributed by atoms with Gasteiger partial charge in [0.05, 0.1) is 32.9 Å².